The molecule has 4 rings (SSSR count). The number of ether oxygens (including phenoxy) is 1. The number of nitrogens with one attached hydrogen (secondary N) is 2. The molecule has 1 aromatic heterocycles. The smallest absolute Gasteiger partial charge is 0.303 e. The number of hydrogen-bond acceptors (Lipinski definition) is 4. The lowest BCUT2D eigenvalue weighted by molar-refractivity contribution is -0.139. The highest BCUT2D eigenvalue weighted by molar-refractivity contribution is 7.80. The Kier molecular flexibility index (Phi) is 5.43. The second kappa shape index (κ2) is 7.84. The van der Waals surface area contributed by atoms with Gasteiger partial charge in [0.15, 0.2) is 0 Å². The fourth-order valence-electron chi connectivity index (χ4n) is 5.15. The van der Waals surface area contributed by atoms with Gasteiger partial charge in [0.05, 0.1) is 0 Å². The molecule has 1 aliphatic carbocycles. The van der Waals surface area contributed by atoms with Gasteiger partial charge in [0.2, 0.25) is 0 Å². The number of esters is 1. The number of piperidine rings is 1. The largest absolute Gasteiger partial charge is 0.459 e. The number of carbonyl (C=O) groups is 1. The summed E-state index contributed by atoms with van der Waals surface area (Å²) in [6.45, 7) is 8.09. The molecule has 1 aliphatic heterocycles. The van der Waals surface area contributed by atoms with Gasteiger partial charge < -0.3 is 15.0 Å². The molecule has 2 heterocycles. The van der Waals surface area contributed by atoms with Gasteiger partial charge in [0.25, 0.3) is 0 Å². The lowest BCUT2D eigenvalue weighted by Crippen LogP contribution is -2.56. The molecule has 0 spiro atoms. The van der Waals surface area contributed by atoms with E-state index in [0.29, 0.717) is 16.9 Å². The van der Waals surface area contributed by atoms with Crippen molar-refractivity contribution in [3.05, 3.63) is 35.0 Å². The number of hydrogen-bond donors (Lipinski definition) is 2. The number of carbonyl (C=O) groups excluding carboxylic acids is 1. The number of aryl methyl sites for hydroxylation is 1. The van der Waals surface area contributed by atoms with E-state index in [9.17, 15) is 4.79 Å². The van der Waals surface area contributed by atoms with Crippen molar-refractivity contribution in [2.24, 2.45) is 0 Å². The predicted molar refractivity (Wildman–Crippen MR) is 116 cm³/mol. The van der Waals surface area contributed by atoms with E-state index < -0.39 is 0 Å². The van der Waals surface area contributed by atoms with Crippen molar-refractivity contribution >= 4 is 34.1 Å². The third-order valence-electron chi connectivity index (χ3n) is 6.20. The minimum absolute atomic E-state index is 0.166. The van der Waals surface area contributed by atoms with Crippen LogP contribution in [-0.2, 0) is 16.0 Å². The zero-order valence-electron chi connectivity index (χ0n) is 16.9. The summed E-state index contributed by atoms with van der Waals surface area (Å²) in [7, 11) is 0. The maximum absolute atomic E-state index is 11.1. The second-order valence-corrected chi connectivity index (χ2v) is 8.64. The normalized spacial score (nSPS) is 24.0. The Morgan fingerprint density at radius 3 is 3.00 bits per heavy atom. The predicted octanol–water partition coefficient (Wildman–Crippen LogP) is 3.45. The first kappa shape index (κ1) is 19.4. The molecule has 1 fully saturated rings. The Balaban J connectivity index is 1.61. The van der Waals surface area contributed by atoms with E-state index in [1.54, 1.807) is 0 Å². The summed E-state index contributed by atoms with van der Waals surface area (Å²) >= 11 is 5.42. The maximum Gasteiger partial charge on any atom is 0.303 e. The van der Waals surface area contributed by atoms with Gasteiger partial charge in [-0.3, -0.25) is 9.69 Å². The topological polar surface area (TPSA) is 57.4 Å². The number of aromatic amines is 1. The molecule has 2 aliphatic rings. The lowest BCUT2D eigenvalue weighted by atomic mass is 9.73. The zero-order valence-corrected chi connectivity index (χ0v) is 17.7. The van der Waals surface area contributed by atoms with Crippen molar-refractivity contribution in [2.75, 3.05) is 19.7 Å². The molecule has 0 radical (unpaired) electrons. The first-order valence-electron chi connectivity index (χ1n) is 10.2. The van der Waals surface area contributed by atoms with Crippen LogP contribution >= 0.6 is 12.2 Å². The second-order valence-electron chi connectivity index (χ2n) is 8.15. The summed E-state index contributed by atoms with van der Waals surface area (Å²) in [5.41, 5.74) is 5.52. The highest BCUT2D eigenvalue weighted by atomic mass is 32.1. The SMILES string of the molecule is CCCN1C[C@@H](NC(=S)COC(C)=O)C[C@@H]2c3cccc4[nH]c(C)c(c34)C[C@H]21. The molecular weight excluding hydrogens is 370 g/mol. The number of fused-ring (bicyclic) bond motifs is 2. The number of H-pyrrole nitrogens is 1. The number of likely N-dealkylation sites (tertiary alicyclic amines) is 1. The Bertz CT molecular complexity index is 907. The third kappa shape index (κ3) is 3.55. The molecule has 6 heteroatoms. The van der Waals surface area contributed by atoms with E-state index in [2.05, 4.69) is 47.2 Å². The van der Waals surface area contributed by atoms with Crippen LogP contribution in [0.4, 0.5) is 0 Å². The summed E-state index contributed by atoms with van der Waals surface area (Å²) in [4.78, 5) is 17.9. The number of thiocarbonyl (C=S) groups is 1. The van der Waals surface area contributed by atoms with E-state index in [-0.39, 0.29) is 18.6 Å². The molecule has 5 nitrogen and oxygen atoms in total. The average molecular weight is 400 g/mol. The molecule has 1 aromatic carbocycles. The van der Waals surface area contributed by atoms with Crippen LogP contribution < -0.4 is 5.32 Å². The van der Waals surface area contributed by atoms with Gasteiger partial charge in [-0.05, 0) is 49.9 Å². The van der Waals surface area contributed by atoms with Gasteiger partial charge in [-0.1, -0.05) is 31.3 Å². The van der Waals surface area contributed by atoms with Crippen LogP contribution in [0.15, 0.2) is 18.2 Å². The molecule has 3 atom stereocenters. The highest BCUT2D eigenvalue weighted by Gasteiger charge is 2.41. The third-order valence-corrected chi connectivity index (χ3v) is 6.43. The van der Waals surface area contributed by atoms with Crippen molar-refractivity contribution in [2.45, 2.75) is 58.0 Å². The van der Waals surface area contributed by atoms with E-state index in [1.165, 1.54) is 34.6 Å². The quantitative estimate of drug-likeness (QED) is 0.596. The Labute approximate surface area is 171 Å². The molecule has 150 valence electrons. The number of aromatic nitrogens is 1. The summed E-state index contributed by atoms with van der Waals surface area (Å²) in [5.74, 6) is 0.190. The standard InChI is InChI=1S/C22H29N3O2S/c1-4-8-25-11-15(24-21(28)12-27-14(3)26)9-18-16-6-5-7-19-22(16)17(10-20(18)25)13(2)23-19/h5-7,15,18,20,23H,4,8-12H2,1-3H3,(H,24,28)/t15-,18+,20+/m0/s1. The van der Waals surface area contributed by atoms with Crippen LogP contribution in [0.2, 0.25) is 0 Å². The minimum atomic E-state index is -0.296. The number of nitrogens with zero attached hydrogens (tertiary/aromatic N) is 1. The minimum Gasteiger partial charge on any atom is -0.459 e. The molecule has 0 amide bonds. The first-order valence-corrected chi connectivity index (χ1v) is 10.7. The molecule has 28 heavy (non-hydrogen) atoms. The fraction of sp³-hybridized carbons (Fsp3) is 0.545. The van der Waals surface area contributed by atoms with Crippen molar-refractivity contribution in [3.8, 4) is 0 Å². The highest BCUT2D eigenvalue weighted by Crippen LogP contribution is 2.44. The zero-order chi connectivity index (χ0) is 19.8. The maximum atomic E-state index is 11.1. The Morgan fingerprint density at radius 2 is 2.25 bits per heavy atom. The van der Waals surface area contributed by atoms with Gasteiger partial charge in [-0.25, -0.2) is 0 Å². The molecule has 0 bridgehead atoms. The molecule has 0 unspecified atom stereocenters. The van der Waals surface area contributed by atoms with Crippen LogP contribution in [0, 0.1) is 6.92 Å². The molecular formula is C22H29N3O2S. The summed E-state index contributed by atoms with van der Waals surface area (Å²) < 4.78 is 5.06. The van der Waals surface area contributed by atoms with E-state index in [1.807, 2.05) is 0 Å². The Morgan fingerprint density at radius 1 is 1.43 bits per heavy atom. The first-order chi connectivity index (χ1) is 13.5. The molecule has 2 aromatic rings. The van der Waals surface area contributed by atoms with Crippen molar-refractivity contribution in [1.29, 1.82) is 0 Å². The summed E-state index contributed by atoms with van der Waals surface area (Å²) in [5, 5.41) is 4.89. The lowest BCUT2D eigenvalue weighted by Gasteiger charge is -2.47. The van der Waals surface area contributed by atoms with Crippen molar-refractivity contribution in [1.82, 2.24) is 15.2 Å². The summed E-state index contributed by atoms with van der Waals surface area (Å²) in [6, 6.07) is 7.47. The average Bonchev–Trinajstić information content (AvgIpc) is 2.98. The molecule has 0 saturated carbocycles. The monoisotopic (exact) mass is 399 g/mol. The van der Waals surface area contributed by atoms with Gasteiger partial charge in [-0.2, -0.15) is 0 Å². The van der Waals surface area contributed by atoms with Crippen molar-refractivity contribution in [3.63, 3.8) is 0 Å². The van der Waals surface area contributed by atoms with E-state index in [4.69, 9.17) is 17.0 Å². The van der Waals surface area contributed by atoms with Gasteiger partial charge >= 0.3 is 5.97 Å². The van der Waals surface area contributed by atoms with Crippen LogP contribution in [0.1, 0.15) is 49.4 Å². The molecule has 1 saturated heterocycles. The van der Waals surface area contributed by atoms with Gasteiger partial charge in [0, 0.05) is 48.1 Å². The van der Waals surface area contributed by atoms with Crippen LogP contribution in [-0.4, -0.2) is 52.6 Å². The van der Waals surface area contributed by atoms with Crippen LogP contribution in [0.5, 0.6) is 0 Å². The van der Waals surface area contributed by atoms with E-state index in [0.717, 1.165) is 32.4 Å². The fourth-order valence-corrected chi connectivity index (χ4v) is 5.38. The van der Waals surface area contributed by atoms with Crippen LogP contribution in [0.3, 0.4) is 0 Å². The van der Waals surface area contributed by atoms with Crippen LogP contribution in [0.25, 0.3) is 10.9 Å². The van der Waals surface area contributed by atoms with Crippen molar-refractivity contribution < 1.29 is 9.53 Å². The van der Waals surface area contributed by atoms with Gasteiger partial charge in [0.1, 0.15) is 11.6 Å². The molecule has 2 N–H and O–H groups in total. The Hall–Kier alpha value is -1.92. The summed E-state index contributed by atoms with van der Waals surface area (Å²) in [6.07, 6.45) is 3.29. The van der Waals surface area contributed by atoms with Gasteiger partial charge in [-0.15, -0.1) is 0 Å². The number of benzene rings is 1. The number of rotatable bonds is 5. The van der Waals surface area contributed by atoms with E-state index >= 15 is 0 Å².